The second-order valence-electron chi connectivity index (χ2n) is 7.17. The summed E-state index contributed by atoms with van der Waals surface area (Å²) < 4.78 is 33.0. The average molecular weight is 443 g/mol. The first-order chi connectivity index (χ1) is 14.5. The number of nitrogens with one attached hydrogen (secondary N) is 2. The van der Waals surface area contributed by atoms with E-state index in [4.69, 9.17) is 4.74 Å². The predicted octanol–water partition coefficient (Wildman–Crippen LogP) is 4.27. The lowest BCUT2D eigenvalue weighted by Gasteiger charge is -2.10. The third-order valence-corrected chi connectivity index (χ3v) is 7.03. The summed E-state index contributed by atoms with van der Waals surface area (Å²) in [7, 11) is -3.52. The van der Waals surface area contributed by atoms with Crippen LogP contribution in [0.4, 0.5) is 5.69 Å². The van der Waals surface area contributed by atoms with Crippen molar-refractivity contribution >= 4 is 33.0 Å². The van der Waals surface area contributed by atoms with Crippen LogP contribution < -0.4 is 14.8 Å². The number of sulfonamides is 1. The van der Waals surface area contributed by atoms with Gasteiger partial charge in [-0.15, -0.1) is 11.3 Å². The van der Waals surface area contributed by atoms with Crippen molar-refractivity contribution in [3.63, 3.8) is 0 Å². The van der Waals surface area contributed by atoms with Gasteiger partial charge in [0.05, 0.1) is 4.90 Å². The Kier molecular flexibility index (Phi) is 6.17. The number of rotatable bonds is 9. The molecule has 0 spiro atoms. The third-order valence-electron chi connectivity index (χ3n) is 4.74. The molecule has 3 aromatic rings. The normalized spacial score (nSPS) is 13.7. The van der Waals surface area contributed by atoms with Gasteiger partial charge in [0.25, 0.3) is 5.91 Å². The Bertz CT molecular complexity index is 1110. The van der Waals surface area contributed by atoms with Crippen LogP contribution in [0.3, 0.4) is 0 Å². The zero-order valence-corrected chi connectivity index (χ0v) is 17.8. The van der Waals surface area contributed by atoms with Crippen molar-refractivity contribution in [2.45, 2.75) is 24.3 Å². The minimum Gasteiger partial charge on any atom is -0.488 e. The average Bonchev–Trinajstić information content (AvgIpc) is 3.44. The van der Waals surface area contributed by atoms with Crippen LogP contribution in [-0.4, -0.2) is 20.9 Å². The van der Waals surface area contributed by atoms with Crippen molar-refractivity contribution in [1.82, 2.24) is 4.72 Å². The summed E-state index contributed by atoms with van der Waals surface area (Å²) in [5.41, 5.74) is 0.979. The summed E-state index contributed by atoms with van der Waals surface area (Å²) in [5.74, 6) is 0.779. The second kappa shape index (κ2) is 8.99. The van der Waals surface area contributed by atoms with E-state index in [0.717, 1.165) is 17.7 Å². The largest absolute Gasteiger partial charge is 0.488 e. The molecule has 0 bridgehead atoms. The van der Waals surface area contributed by atoms with Crippen molar-refractivity contribution < 1.29 is 17.9 Å². The van der Waals surface area contributed by atoms with Crippen molar-refractivity contribution in [3.8, 4) is 5.75 Å². The van der Waals surface area contributed by atoms with E-state index in [1.54, 1.807) is 47.7 Å². The molecule has 0 aliphatic heterocycles. The van der Waals surface area contributed by atoms with E-state index >= 15 is 0 Å². The molecule has 0 saturated heterocycles. The lowest BCUT2D eigenvalue weighted by molar-refractivity contribution is 0.102. The maximum absolute atomic E-state index is 12.6. The van der Waals surface area contributed by atoms with Gasteiger partial charge in [-0.3, -0.25) is 4.79 Å². The zero-order chi connectivity index (χ0) is 21.0. The van der Waals surface area contributed by atoms with E-state index in [2.05, 4.69) is 10.0 Å². The van der Waals surface area contributed by atoms with Gasteiger partial charge >= 0.3 is 0 Å². The number of ether oxygens (including phenoxy) is 1. The highest BCUT2D eigenvalue weighted by molar-refractivity contribution is 7.89. The van der Waals surface area contributed by atoms with Crippen LogP contribution in [0.15, 0.2) is 70.9 Å². The molecule has 0 atom stereocenters. The zero-order valence-electron chi connectivity index (χ0n) is 16.2. The van der Waals surface area contributed by atoms with E-state index in [1.165, 1.54) is 12.1 Å². The molecule has 2 N–H and O–H groups in total. The Morgan fingerprint density at radius 1 is 1.07 bits per heavy atom. The number of amides is 1. The maximum atomic E-state index is 12.6. The Balaban J connectivity index is 1.36. The number of carbonyl (C=O) groups is 1. The van der Waals surface area contributed by atoms with Gasteiger partial charge in [0.1, 0.15) is 12.4 Å². The molecule has 1 aromatic heterocycles. The summed E-state index contributed by atoms with van der Waals surface area (Å²) in [6.07, 6.45) is 2.15. The van der Waals surface area contributed by atoms with E-state index < -0.39 is 10.0 Å². The summed E-state index contributed by atoms with van der Waals surface area (Å²) in [6, 6.07) is 17.1. The summed E-state index contributed by atoms with van der Waals surface area (Å²) in [4.78, 5) is 13.9. The minimum absolute atomic E-state index is 0.185. The molecule has 1 saturated carbocycles. The highest BCUT2D eigenvalue weighted by atomic mass is 32.2. The summed E-state index contributed by atoms with van der Waals surface area (Å²) in [5, 5.41) is 4.77. The fourth-order valence-electron chi connectivity index (χ4n) is 2.83. The van der Waals surface area contributed by atoms with E-state index in [9.17, 15) is 13.2 Å². The van der Waals surface area contributed by atoms with E-state index in [1.807, 2.05) is 17.5 Å². The molecule has 1 fully saturated rings. The molecule has 8 heteroatoms. The molecular weight excluding hydrogens is 420 g/mol. The van der Waals surface area contributed by atoms with Gasteiger partial charge < -0.3 is 10.1 Å². The Labute approximate surface area is 180 Å². The second-order valence-corrected chi connectivity index (χ2v) is 9.97. The van der Waals surface area contributed by atoms with E-state index in [0.29, 0.717) is 36.1 Å². The van der Waals surface area contributed by atoms with Gasteiger partial charge in [0.2, 0.25) is 10.0 Å². The van der Waals surface area contributed by atoms with Gasteiger partial charge in [-0.05, 0) is 72.7 Å². The maximum Gasteiger partial charge on any atom is 0.255 e. The molecule has 156 valence electrons. The van der Waals surface area contributed by atoms with Crippen LogP contribution in [-0.2, 0) is 16.6 Å². The van der Waals surface area contributed by atoms with Crippen molar-refractivity contribution in [2.75, 3.05) is 11.9 Å². The van der Waals surface area contributed by atoms with Gasteiger partial charge in [0, 0.05) is 22.7 Å². The highest BCUT2D eigenvalue weighted by Crippen LogP contribution is 2.28. The number of carbonyl (C=O) groups excluding carboxylic acids is 1. The number of hydrogen-bond acceptors (Lipinski definition) is 5. The molecule has 1 aliphatic rings. The Morgan fingerprint density at radius 3 is 2.57 bits per heavy atom. The quantitative estimate of drug-likeness (QED) is 0.518. The van der Waals surface area contributed by atoms with Gasteiger partial charge in [0.15, 0.2) is 0 Å². The van der Waals surface area contributed by atoms with Crippen LogP contribution in [0.1, 0.15) is 28.1 Å². The molecule has 0 unspecified atom stereocenters. The first-order valence-corrected chi connectivity index (χ1v) is 12.0. The molecule has 1 heterocycles. The number of thiophene rings is 1. The molecule has 30 heavy (non-hydrogen) atoms. The lowest BCUT2D eigenvalue weighted by atomic mass is 10.2. The molecule has 4 rings (SSSR count). The molecule has 6 nitrogen and oxygen atoms in total. The molecule has 0 radical (unpaired) electrons. The van der Waals surface area contributed by atoms with Gasteiger partial charge in [-0.25, -0.2) is 13.1 Å². The summed E-state index contributed by atoms with van der Waals surface area (Å²) >= 11 is 1.61. The number of anilines is 1. The first-order valence-electron chi connectivity index (χ1n) is 9.66. The highest BCUT2D eigenvalue weighted by Gasteiger charge is 2.24. The summed E-state index contributed by atoms with van der Waals surface area (Å²) in [6.45, 7) is 0.930. The van der Waals surface area contributed by atoms with Crippen molar-refractivity contribution in [1.29, 1.82) is 0 Å². The van der Waals surface area contributed by atoms with Crippen LogP contribution >= 0.6 is 11.3 Å². The Morgan fingerprint density at radius 2 is 1.87 bits per heavy atom. The van der Waals surface area contributed by atoms with Crippen LogP contribution in [0, 0.1) is 5.92 Å². The smallest absolute Gasteiger partial charge is 0.255 e. The predicted molar refractivity (Wildman–Crippen MR) is 117 cm³/mol. The number of benzene rings is 2. The fraction of sp³-hybridized carbons (Fsp3) is 0.227. The SMILES string of the molecule is O=C(Nc1ccc(S(=O)(=O)NCC2CC2)cc1)c1cccc(OCc2cccs2)c1. The van der Waals surface area contributed by atoms with E-state index in [-0.39, 0.29) is 10.8 Å². The third kappa shape index (κ3) is 5.47. The van der Waals surface area contributed by atoms with Gasteiger partial charge in [-0.2, -0.15) is 0 Å². The monoisotopic (exact) mass is 442 g/mol. The van der Waals surface area contributed by atoms with Crippen LogP contribution in [0.25, 0.3) is 0 Å². The van der Waals surface area contributed by atoms with Crippen molar-refractivity contribution in [2.24, 2.45) is 5.92 Å². The molecule has 1 aliphatic carbocycles. The Hall–Kier alpha value is -2.68. The minimum atomic E-state index is -3.52. The molecule has 1 amide bonds. The lowest BCUT2D eigenvalue weighted by Crippen LogP contribution is -2.25. The van der Waals surface area contributed by atoms with Crippen LogP contribution in [0.5, 0.6) is 5.75 Å². The van der Waals surface area contributed by atoms with Crippen molar-refractivity contribution in [3.05, 3.63) is 76.5 Å². The number of hydrogen-bond donors (Lipinski definition) is 2. The van der Waals surface area contributed by atoms with Crippen LogP contribution in [0.2, 0.25) is 0 Å². The van der Waals surface area contributed by atoms with Gasteiger partial charge in [-0.1, -0.05) is 12.1 Å². The first kappa shape index (κ1) is 20.6. The molecular formula is C22H22N2O4S2. The standard InChI is InChI=1S/C22H22N2O4S2/c25-22(17-3-1-4-19(13-17)28-15-20-5-2-12-29-20)24-18-8-10-21(11-9-18)30(26,27)23-14-16-6-7-16/h1-5,8-13,16,23H,6-7,14-15H2,(H,24,25). The fourth-order valence-corrected chi connectivity index (χ4v) is 4.56. The topological polar surface area (TPSA) is 84.5 Å². The molecule has 2 aromatic carbocycles.